The van der Waals surface area contributed by atoms with Crippen molar-refractivity contribution in [2.24, 2.45) is 5.92 Å². The predicted octanol–water partition coefficient (Wildman–Crippen LogP) is 2.66. The second-order valence-electron chi connectivity index (χ2n) is 3.24. The van der Waals surface area contributed by atoms with E-state index in [1.54, 1.807) is 6.92 Å². The van der Waals surface area contributed by atoms with Gasteiger partial charge >= 0.3 is 0 Å². The van der Waals surface area contributed by atoms with Gasteiger partial charge in [-0.3, -0.25) is 4.79 Å². The zero-order valence-corrected chi connectivity index (χ0v) is 8.16. The van der Waals surface area contributed by atoms with Crippen LogP contribution in [0.15, 0.2) is 30.3 Å². The molecule has 0 aromatic heterocycles. The van der Waals surface area contributed by atoms with Crippen molar-refractivity contribution >= 4 is 5.78 Å². The second kappa shape index (κ2) is 4.80. The molecule has 0 aliphatic carbocycles. The lowest BCUT2D eigenvalue weighted by atomic mass is 9.94. The molecule has 1 aromatic rings. The van der Waals surface area contributed by atoms with E-state index in [1.165, 1.54) is 5.56 Å². The lowest BCUT2D eigenvalue weighted by molar-refractivity contribution is -0.119. The highest BCUT2D eigenvalue weighted by molar-refractivity contribution is 5.79. The highest BCUT2D eigenvalue weighted by Crippen LogP contribution is 2.11. The van der Waals surface area contributed by atoms with Crippen molar-refractivity contribution in [1.29, 1.82) is 0 Å². The molecule has 1 nitrogen and oxygen atoms in total. The number of carbonyl (C=O) groups is 1. The highest BCUT2D eigenvalue weighted by Gasteiger charge is 2.11. The second-order valence-corrected chi connectivity index (χ2v) is 3.24. The fourth-order valence-corrected chi connectivity index (χ4v) is 1.36. The average Bonchev–Trinajstić information content (AvgIpc) is 2.15. The standard InChI is InChI=1S/C12H15O/c1-3-12(10(2)13)9-11-7-5-4-6-8-11/h3-8,12H,9H2,1-2H3/t12-/m0/s1. The van der Waals surface area contributed by atoms with Gasteiger partial charge in [-0.1, -0.05) is 37.3 Å². The van der Waals surface area contributed by atoms with E-state index in [9.17, 15) is 4.79 Å². The SMILES string of the molecule is C[CH][C@@H](Cc1ccccc1)C(C)=O. The van der Waals surface area contributed by atoms with E-state index in [2.05, 4.69) is 12.1 Å². The molecule has 0 saturated heterocycles. The number of ketones is 1. The van der Waals surface area contributed by atoms with Crippen molar-refractivity contribution in [3.05, 3.63) is 42.3 Å². The summed E-state index contributed by atoms with van der Waals surface area (Å²) in [6.07, 6.45) is 2.79. The molecule has 0 spiro atoms. The molecule has 69 valence electrons. The van der Waals surface area contributed by atoms with Crippen LogP contribution in [-0.4, -0.2) is 5.78 Å². The number of Topliss-reactive ketones (excluding diaryl/α,β-unsaturated/α-hetero) is 1. The maximum Gasteiger partial charge on any atom is 0.133 e. The summed E-state index contributed by atoms with van der Waals surface area (Å²) < 4.78 is 0. The minimum Gasteiger partial charge on any atom is -0.300 e. The average molecular weight is 175 g/mol. The first-order valence-electron chi connectivity index (χ1n) is 4.58. The first-order chi connectivity index (χ1) is 6.24. The van der Waals surface area contributed by atoms with Crippen molar-refractivity contribution in [2.75, 3.05) is 0 Å². The van der Waals surface area contributed by atoms with Crippen LogP contribution < -0.4 is 0 Å². The molecule has 13 heavy (non-hydrogen) atoms. The van der Waals surface area contributed by atoms with Gasteiger partial charge in [-0.05, 0) is 25.3 Å². The van der Waals surface area contributed by atoms with Gasteiger partial charge in [-0.25, -0.2) is 0 Å². The van der Waals surface area contributed by atoms with Crippen LogP contribution in [-0.2, 0) is 11.2 Å². The summed E-state index contributed by atoms with van der Waals surface area (Å²) in [5.41, 5.74) is 1.22. The Morgan fingerprint density at radius 1 is 1.38 bits per heavy atom. The van der Waals surface area contributed by atoms with Crippen molar-refractivity contribution < 1.29 is 4.79 Å². The third-order valence-electron chi connectivity index (χ3n) is 2.22. The summed E-state index contributed by atoms with van der Waals surface area (Å²) in [6, 6.07) is 10.1. The number of hydrogen-bond acceptors (Lipinski definition) is 1. The van der Waals surface area contributed by atoms with Gasteiger partial charge in [0.15, 0.2) is 0 Å². The fraction of sp³-hybridized carbons (Fsp3) is 0.333. The van der Waals surface area contributed by atoms with E-state index in [0.717, 1.165) is 6.42 Å². The zero-order valence-electron chi connectivity index (χ0n) is 8.16. The molecule has 1 heteroatoms. The van der Waals surface area contributed by atoms with Crippen molar-refractivity contribution in [1.82, 2.24) is 0 Å². The maximum absolute atomic E-state index is 11.1. The van der Waals surface area contributed by atoms with Gasteiger partial charge in [0.1, 0.15) is 5.78 Å². The monoisotopic (exact) mass is 175 g/mol. The van der Waals surface area contributed by atoms with Gasteiger partial charge in [0, 0.05) is 5.92 Å². The molecular weight excluding hydrogens is 160 g/mol. The summed E-state index contributed by atoms with van der Waals surface area (Å²) in [6.45, 7) is 3.59. The molecule has 1 atom stereocenters. The smallest absolute Gasteiger partial charge is 0.133 e. The summed E-state index contributed by atoms with van der Waals surface area (Å²) >= 11 is 0. The first kappa shape index (κ1) is 9.97. The molecule has 0 heterocycles. The third kappa shape index (κ3) is 3.02. The molecule has 0 unspecified atom stereocenters. The lowest BCUT2D eigenvalue weighted by Gasteiger charge is -2.10. The molecular formula is C12H15O. The molecule has 0 saturated carbocycles. The van der Waals surface area contributed by atoms with Gasteiger partial charge < -0.3 is 0 Å². The number of carbonyl (C=O) groups excluding carboxylic acids is 1. The zero-order chi connectivity index (χ0) is 9.68. The normalized spacial score (nSPS) is 12.5. The molecule has 1 aromatic carbocycles. The van der Waals surface area contributed by atoms with Crippen LogP contribution in [0.1, 0.15) is 19.4 Å². The topological polar surface area (TPSA) is 17.1 Å². The maximum atomic E-state index is 11.1. The van der Waals surface area contributed by atoms with E-state index >= 15 is 0 Å². The van der Waals surface area contributed by atoms with Crippen molar-refractivity contribution in [3.63, 3.8) is 0 Å². The third-order valence-corrected chi connectivity index (χ3v) is 2.22. The lowest BCUT2D eigenvalue weighted by Crippen LogP contribution is -2.13. The van der Waals surface area contributed by atoms with Crippen LogP contribution in [0.3, 0.4) is 0 Å². The molecule has 0 aliphatic heterocycles. The van der Waals surface area contributed by atoms with Gasteiger partial charge in [-0.15, -0.1) is 0 Å². The Bertz CT molecular complexity index is 264. The Labute approximate surface area is 79.8 Å². The van der Waals surface area contributed by atoms with Crippen LogP contribution in [0.4, 0.5) is 0 Å². The quantitative estimate of drug-likeness (QED) is 0.687. The first-order valence-corrected chi connectivity index (χ1v) is 4.58. The molecule has 0 bridgehead atoms. The predicted molar refractivity (Wildman–Crippen MR) is 54.3 cm³/mol. The van der Waals surface area contributed by atoms with Gasteiger partial charge in [-0.2, -0.15) is 0 Å². The van der Waals surface area contributed by atoms with Crippen LogP contribution in [0.25, 0.3) is 0 Å². The van der Waals surface area contributed by atoms with E-state index < -0.39 is 0 Å². The van der Waals surface area contributed by atoms with Crippen LogP contribution in [0, 0.1) is 12.3 Å². The van der Waals surface area contributed by atoms with Crippen LogP contribution >= 0.6 is 0 Å². The van der Waals surface area contributed by atoms with E-state index in [0.29, 0.717) is 0 Å². The Hall–Kier alpha value is -1.11. The molecule has 0 N–H and O–H groups in total. The summed E-state index contributed by atoms with van der Waals surface area (Å²) in [7, 11) is 0. The molecule has 0 amide bonds. The van der Waals surface area contributed by atoms with Crippen LogP contribution in [0.2, 0.25) is 0 Å². The van der Waals surface area contributed by atoms with Crippen molar-refractivity contribution in [3.8, 4) is 0 Å². The van der Waals surface area contributed by atoms with Gasteiger partial charge in [0.2, 0.25) is 0 Å². The van der Waals surface area contributed by atoms with Crippen LogP contribution in [0.5, 0.6) is 0 Å². The van der Waals surface area contributed by atoms with Gasteiger partial charge in [0.25, 0.3) is 0 Å². The summed E-state index contributed by atoms with van der Waals surface area (Å²) in [5, 5.41) is 0. The Morgan fingerprint density at radius 2 is 2.00 bits per heavy atom. The molecule has 0 aliphatic rings. The Balaban J connectivity index is 2.62. The summed E-state index contributed by atoms with van der Waals surface area (Å²) in [4.78, 5) is 11.1. The number of rotatable bonds is 4. The van der Waals surface area contributed by atoms with E-state index in [1.807, 2.05) is 31.5 Å². The van der Waals surface area contributed by atoms with Gasteiger partial charge in [0.05, 0.1) is 0 Å². The highest BCUT2D eigenvalue weighted by atomic mass is 16.1. The molecule has 1 radical (unpaired) electrons. The Kier molecular flexibility index (Phi) is 3.69. The minimum absolute atomic E-state index is 0.0717. The number of benzene rings is 1. The fourth-order valence-electron chi connectivity index (χ4n) is 1.36. The van der Waals surface area contributed by atoms with Crippen molar-refractivity contribution in [2.45, 2.75) is 20.3 Å². The minimum atomic E-state index is 0.0717. The molecule has 1 rings (SSSR count). The van der Waals surface area contributed by atoms with E-state index in [4.69, 9.17) is 0 Å². The Morgan fingerprint density at radius 3 is 2.46 bits per heavy atom. The molecule has 0 fully saturated rings. The largest absolute Gasteiger partial charge is 0.300 e. The van der Waals surface area contributed by atoms with E-state index in [-0.39, 0.29) is 11.7 Å². The number of hydrogen-bond donors (Lipinski definition) is 0. The summed E-state index contributed by atoms with van der Waals surface area (Å²) in [5.74, 6) is 0.314.